The second-order valence-electron chi connectivity index (χ2n) is 5.25. The van der Waals surface area contributed by atoms with Crippen molar-refractivity contribution >= 4 is 39.6 Å². The first kappa shape index (κ1) is 20.7. The highest BCUT2D eigenvalue weighted by atomic mass is 35.5. The first-order valence-electron chi connectivity index (χ1n) is 7.57. The van der Waals surface area contributed by atoms with Gasteiger partial charge in [0, 0.05) is 0 Å². The van der Waals surface area contributed by atoms with Gasteiger partial charge in [-0.15, -0.1) is 0 Å². The normalized spacial score (nSPS) is 14.3. The summed E-state index contributed by atoms with van der Waals surface area (Å²) in [6, 6.07) is 2.84. The molecule has 4 N–H and O–H groups in total. The van der Waals surface area contributed by atoms with Gasteiger partial charge in [-0.25, -0.2) is 27.9 Å². The summed E-state index contributed by atoms with van der Waals surface area (Å²) in [5.41, 5.74) is 0.0405. The number of urea groups is 1. The predicted molar refractivity (Wildman–Crippen MR) is 93.3 cm³/mol. The molecule has 1 aliphatic heterocycles. The molecule has 0 aliphatic carbocycles. The number of hydrogen-bond donors (Lipinski definition) is 3. The molecular formula is C15H16ClN3O7S. The van der Waals surface area contributed by atoms with Crippen LogP contribution < -0.4 is 15.8 Å². The van der Waals surface area contributed by atoms with Crippen LogP contribution in [0.1, 0.15) is 17.3 Å². The summed E-state index contributed by atoms with van der Waals surface area (Å²) in [7, 11) is -4.13. The van der Waals surface area contributed by atoms with Gasteiger partial charge in [-0.3, -0.25) is 0 Å². The SMILES string of the molecule is CCOC(=O)C1=C(COC(=O)c2ccc(Cl)c(S(N)(=O)=O)c2)NC(=O)NC1. The third kappa shape index (κ3) is 5.18. The smallest absolute Gasteiger partial charge is 0.338 e. The van der Waals surface area contributed by atoms with E-state index >= 15 is 0 Å². The summed E-state index contributed by atoms with van der Waals surface area (Å²) in [6.45, 7) is 1.23. The predicted octanol–water partition coefficient (Wildman–Crippen LogP) is 0.274. The van der Waals surface area contributed by atoms with Crippen molar-refractivity contribution in [3.8, 4) is 0 Å². The van der Waals surface area contributed by atoms with Gasteiger partial charge in [0.2, 0.25) is 10.0 Å². The lowest BCUT2D eigenvalue weighted by molar-refractivity contribution is -0.138. The molecule has 0 aromatic heterocycles. The molecule has 1 aromatic carbocycles. The molecular weight excluding hydrogens is 402 g/mol. The molecule has 0 unspecified atom stereocenters. The average Bonchev–Trinajstić information content (AvgIpc) is 2.59. The van der Waals surface area contributed by atoms with Crippen molar-refractivity contribution in [2.24, 2.45) is 5.14 Å². The number of halogens is 1. The molecule has 0 saturated heterocycles. The zero-order valence-electron chi connectivity index (χ0n) is 14.1. The third-order valence-corrected chi connectivity index (χ3v) is 4.79. The molecule has 0 fully saturated rings. The molecule has 2 rings (SSSR count). The lowest BCUT2D eigenvalue weighted by Crippen LogP contribution is -2.45. The molecule has 1 aromatic rings. The number of ether oxygens (including phenoxy) is 2. The van der Waals surface area contributed by atoms with Gasteiger partial charge in [0.15, 0.2) is 0 Å². The van der Waals surface area contributed by atoms with E-state index in [-0.39, 0.29) is 35.0 Å². The van der Waals surface area contributed by atoms with E-state index in [9.17, 15) is 22.8 Å². The minimum atomic E-state index is -4.13. The summed E-state index contributed by atoms with van der Waals surface area (Å²) >= 11 is 5.76. The summed E-state index contributed by atoms with van der Waals surface area (Å²) < 4.78 is 32.9. The Hall–Kier alpha value is -2.63. The number of nitrogens with one attached hydrogen (secondary N) is 2. The second-order valence-corrected chi connectivity index (χ2v) is 7.19. The zero-order valence-corrected chi connectivity index (χ0v) is 15.6. The van der Waals surface area contributed by atoms with Crippen LogP contribution in [0.4, 0.5) is 4.79 Å². The number of hydrogen-bond acceptors (Lipinski definition) is 7. The molecule has 0 spiro atoms. The van der Waals surface area contributed by atoms with Gasteiger partial charge < -0.3 is 20.1 Å². The van der Waals surface area contributed by atoms with Crippen molar-refractivity contribution in [3.63, 3.8) is 0 Å². The summed E-state index contributed by atoms with van der Waals surface area (Å²) in [6.07, 6.45) is 0. The maximum Gasteiger partial charge on any atom is 0.338 e. The molecule has 146 valence electrons. The van der Waals surface area contributed by atoms with E-state index in [1.165, 1.54) is 12.1 Å². The standard InChI is InChI=1S/C15H16ClN3O7S/c1-2-25-14(21)9-6-18-15(22)19-11(9)7-26-13(20)8-3-4-10(16)12(5-8)27(17,23)24/h3-5H,2,6-7H2,1H3,(H2,17,23,24)(H2,18,19,22). The lowest BCUT2D eigenvalue weighted by atomic mass is 10.1. The molecule has 2 amide bonds. The maximum absolute atomic E-state index is 12.2. The van der Waals surface area contributed by atoms with Crippen LogP contribution in [-0.2, 0) is 24.3 Å². The molecule has 0 radical (unpaired) electrons. The highest BCUT2D eigenvalue weighted by Crippen LogP contribution is 2.22. The van der Waals surface area contributed by atoms with E-state index in [0.29, 0.717) is 0 Å². The van der Waals surface area contributed by atoms with Crippen LogP contribution in [0.5, 0.6) is 0 Å². The van der Waals surface area contributed by atoms with Crippen molar-refractivity contribution in [3.05, 3.63) is 40.1 Å². The van der Waals surface area contributed by atoms with Crippen LogP contribution in [0.25, 0.3) is 0 Å². The number of nitrogens with two attached hydrogens (primary N) is 1. The van der Waals surface area contributed by atoms with E-state index in [4.69, 9.17) is 26.2 Å². The van der Waals surface area contributed by atoms with Crippen LogP contribution in [-0.4, -0.2) is 46.1 Å². The fourth-order valence-corrected chi connectivity index (χ4v) is 3.21. The zero-order chi connectivity index (χ0) is 20.2. The van der Waals surface area contributed by atoms with E-state index in [1.807, 2.05) is 0 Å². The minimum Gasteiger partial charge on any atom is -0.463 e. The lowest BCUT2D eigenvalue weighted by Gasteiger charge is -2.21. The van der Waals surface area contributed by atoms with Crippen molar-refractivity contribution < 1.29 is 32.3 Å². The van der Waals surface area contributed by atoms with Gasteiger partial charge in [0.1, 0.15) is 11.5 Å². The number of rotatable bonds is 6. The average molecular weight is 418 g/mol. The number of sulfonamides is 1. The number of amides is 2. The number of esters is 2. The quantitative estimate of drug-likeness (QED) is 0.561. The Kier molecular flexibility index (Phi) is 6.41. The van der Waals surface area contributed by atoms with E-state index in [0.717, 1.165) is 6.07 Å². The largest absolute Gasteiger partial charge is 0.463 e. The van der Waals surface area contributed by atoms with Crippen molar-refractivity contribution in [2.75, 3.05) is 19.8 Å². The Morgan fingerprint density at radius 1 is 1.26 bits per heavy atom. The first-order valence-corrected chi connectivity index (χ1v) is 9.49. The van der Waals surface area contributed by atoms with Crippen LogP contribution in [0.15, 0.2) is 34.4 Å². The van der Waals surface area contributed by atoms with Crippen LogP contribution in [0.3, 0.4) is 0 Å². The summed E-state index contributed by atoms with van der Waals surface area (Å²) in [5, 5.41) is 9.67. The van der Waals surface area contributed by atoms with E-state index in [1.54, 1.807) is 6.92 Å². The van der Waals surface area contributed by atoms with E-state index < -0.39 is 39.5 Å². The van der Waals surface area contributed by atoms with Crippen molar-refractivity contribution in [1.29, 1.82) is 0 Å². The van der Waals surface area contributed by atoms with Crippen LogP contribution >= 0.6 is 11.6 Å². The van der Waals surface area contributed by atoms with Gasteiger partial charge in [-0.2, -0.15) is 0 Å². The maximum atomic E-state index is 12.2. The second kappa shape index (κ2) is 8.37. The Morgan fingerprint density at radius 2 is 1.96 bits per heavy atom. The monoisotopic (exact) mass is 417 g/mol. The van der Waals surface area contributed by atoms with Gasteiger partial charge in [0.25, 0.3) is 0 Å². The molecule has 10 nitrogen and oxygen atoms in total. The summed E-state index contributed by atoms with van der Waals surface area (Å²) in [5.74, 6) is -1.57. The molecule has 0 saturated carbocycles. The Bertz CT molecular complexity index is 927. The minimum absolute atomic E-state index is 0.0613. The molecule has 0 atom stereocenters. The molecule has 0 bridgehead atoms. The highest BCUT2D eigenvalue weighted by Gasteiger charge is 2.25. The Balaban J connectivity index is 2.20. The van der Waals surface area contributed by atoms with Gasteiger partial charge in [0.05, 0.1) is 35.0 Å². The topological polar surface area (TPSA) is 154 Å². The number of benzene rings is 1. The van der Waals surface area contributed by atoms with Gasteiger partial charge in [-0.1, -0.05) is 11.6 Å². The van der Waals surface area contributed by atoms with Crippen molar-refractivity contribution in [2.45, 2.75) is 11.8 Å². The summed E-state index contributed by atoms with van der Waals surface area (Å²) in [4.78, 5) is 35.1. The number of carbonyl (C=O) groups is 3. The van der Waals surface area contributed by atoms with Crippen molar-refractivity contribution in [1.82, 2.24) is 10.6 Å². The molecule has 27 heavy (non-hydrogen) atoms. The number of carbonyl (C=O) groups excluding carboxylic acids is 3. The van der Waals surface area contributed by atoms with E-state index in [2.05, 4.69) is 10.6 Å². The molecule has 1 aliphatic rings. The fourth-order valence-electron chi connectivity index (χ4n) is 2.14. The van der Waals surface area contributed by atoms with Crippen LogP contribution in [0, 0.1) is 0 Å². The fraction of sp³-hybridized carbons (Fsp3) is 0.267. The highest BCUT2D eigenvalue weighted by molar-refractivity contribution is 7.89. The Morgan fingerprint density at radius 3 is 2.59 bits per heavy atom. The van der Waals surface area contributed by atoms with Gasteiger partial charge >= 0.3 is 18.0 Å². The third-order valence-electron chi connectivity index (χ3n) is 3.40. The molecule has 1 heterocycles. The first-order chi connectivity index (χ1) is 12.6. The van der Waals surface area contributed by atoms with Crippen LogP contribution in [0.2, 0.25) is 5.02 Å². The molecule has 12 heteroatoms. The number of primary sulfonamides is 1. The Labute approximate surface area is 159 Å². The van der Waals surface area contributed by atoms with Gasteiger partial charge in [-0.05, 0) is 25.1 Å².